The number of hydrogen-bond acceptors (Lipinski definition) is 5. The van der Waals surface area contributed by atoms with Gasteiger partial charge in [-0.15, -0.1) is 0 Å². The van der Waals surface area contributed by atoms with Crippen molar-refractivity contribution >= 4 is 11.9 Å². The first kappa shape index (κ1) is 18.9. The van der Waals surface area contributed by atoms with E-state index in [0.717, 1.165) is 24.8 Å². The van der Waals surface area contributed by atoms with Gasteiger partial charge in [0.15, 0.2) is 0 Å². The van der Waals surface area contributed by atoms with Crippen LogP contribution in [-0.4, -0.2) is 30.8 Å². The van der Waals surface area contributed by atoms with Crippen molar-refractivity contribution in [2.75, 3.05) is 6.61 Å². The van der Waals surface area contributed by atoms with Gasteiger partial charge in [0.25, 0.3) is 0 Å². The zero-order valence-corrected chi connectivity index (χ0v) is 16.0. The van der Waals surface area contributed by atoms with Crippen molar-refractivity contribution in [1.82, 2.24) is 0 Å². The molecule has 2 fully saturated rings. The number of fused-ring (bicyclic) bond motifs is 1. The Morgan fingerprint density at radius 1 is 1.23 bits per heavy atom. The van der Waals surface area contributed by atoms with Crippen LogP contribution in [0, 0.1) is 18.3 Å². The molecule has 0 aromatic heterocycles. The maximum atomic E-state index is 12.3. The van der Waals surface area contributed by atoms with Crippen molar-refractivity contribution in [3.8, 4) is 5.75 Å². The van der Waals surface area contributed by atoms with Gasteiger partial charge in [0, 0.05) is 0 Å². The molecule has 0 N–H and O–H groups in total. The lowest BCUT2D eigenvalue weighted by Gasteiger charge is -2.21. The van der Waals surface area contributed by atoms with E-state index in [4.69, 9.17) is 14.2 Å². The third-order valence-corrected chi connectivity index (χ3v) is 5.61. The monoisotopic (exact) mass is 360 g/mol. The number of rotatable bonds is 6. The molecule has 1 aromatic rings. The fraction of sp³-hybridized carbons (Fsp3) is 0.619. The Morgan fingerprint density at radius 2 is 2.00 bits per heavy atom. The zero-order chi connectivity index (χ0) is 18.9. The second-order valence-corrected chi connectivity index (χ2v) is 8.10. The fourth-order valence-electron chi connectivity index (χ4n) is 3.19. The summed E-state index contributed by atoms with van der Waals surface area (Å²) in [6.07, 6.45) is 4.64. The largest absolute Gasteiger partial charge is 0.462 e. The quantitative estimate of drug-likeness (QED) is 0.435. The summed E-state index contributed by atoms with van der Waals surface area (Å²) in [6.45, 7) is 7.93. The highest BCUT2D eigenvalue weighted by Crippen LogP contribution is 2.39. The smallest absolute Gasteiger partial charge is 0.338 e. The number of aryl methyl sites for hydroxylation is 1. The minimum absolute atomic E-state index is 0.267. The first-order chi connectivity index (χ1) is 12.3. The molecule has 1 saturated carbocycles. The van der Waals surface area contributed by atoms with Gasteiger partial charge in [0.1, 0.15) is 5.75 Å². The second-order valence-electron chi connectivity index (χ2n) is 8.10. The summed E-state index contributed by atoms with van der Waals surface area (Å²) in [7, 11) is 0. The Morgan fingerprint density at radius 3 is 2.65 bits per heavy atom. The number of ether oxygens (including phenoxy) is 3. The van der Waals surface area contributed by atoms with Crippen LogP contribution in [0.3, 0.4) is 0 Å². The molecule has 1 aromatic carbocycles. The number of esters is 2. The highest BCUT2D eigenvalue weighted by molar-refractivity contribution is 5.90. The number of carbonyl (C=O) groups is 2. The average Bonchev–Trinajstić information content (AvgIpc) is 3.39. The molecule has 5 heteroatoms. The van der Waals surface area contributed by atoms with Crippen LogP contribution in [0.25, 0.3) is 0 Å². The van der Waals surface area contributed by atoms with Gasteiger partial charge in [0.2, 0.25) is 0 Å². The number of carbonyl (C=O) groups excluding carboxylic acids is 2. The molecule has 0 radical (unpaired) electrons. The Hall–Kier alpha value is -1.88. The lowest BCUT2D eigenvalue weighted by molar-refractivity contribution is -0.144. The van der Waals surface area contributed by atoms with Crippen LogP contribution in [0.15, 0.2) is 18.2 Å². The van der Waals surface area contributed by atoms with E-state index >= 15 is 0 Å². The highest BCUT2D eigenvalue weighted by Gasteiger charge is 2.44. The van der Waals surface area contributed by atoms with Gasteiger partial charge in [-0.05, 0) is 76.1 Å². The van der Waals surface area contributed by atoms with E-state index in [9.17, 15) is 9.59 Å². The third-order valence-electron chi connectivity index (χ3n) is 5.61. The molecule has 0 bridgehead atoms. The number of benzene rings is 1. The predicted molar refractivity (Wildman–Crippen MR) is 97.2 cm³/mol. The fourth-order valence-corrected chi connectivity index (χ4v) is 3.19. The van der Waals surface area contributed by atoms with E-state index in [-0.39, 0.29) is 11.9 Å². The Bertz CT molecular complexity index is 694. The average molecular weight is 360 g/mol. The van der Waals surface area contributed by atoms with Crippen LogP contribution < -0.4 is 4.74 Å². The lowest BCUT2D eigenvalue weighted by Crippen LogP contribution is -2.28. The van der Waals surface area contributed by atoms with Gasteiger partial charge in [0.05, 0.1) is 29.8 Å². The Balaban J connectivity index is 1.56. The maximum absolute atomic E-state index is 12.3. The van der Waals surface area contributed by atoms with E-state index in [1.54, 1.807) is 18.2 Å². The molecular formula is C21H28O5. The van der Waals surface area contributed by atoms with Gasteiger partial charge < -0.3 is 14.2 Å². The van der Waals surface area contributed by atoms with Crippen LogP contribution in [0.4, 0.5) is 0 Å². The normalized spacial score (nSPS) is 24.5. The summed E-state index contributed by atoms with van der Waals surface area (Å²) in [4.78, 5) is 24.5. The molecule has 5 nitrogen and oxygen atoms in total. The van der Waals surface area contributed by atoms with Crippen LogP contribution in [0.5, 0.6) is 5.75 Å². The van der Waals surface area contributed by atoms with Gasteiger partial charge in [-0.3, -0.25) is 4.79 Å². The molecule has 1 aliphatic heterocycles. The van der Waals surface area contributed by atoms with Crippen LogP contribution in [0.2, 0.25) is 0 Å². The van der Waals surface area contributed by atoms with Crippen molar-refractivity contribution in [3.63, 3.8) is 0 Å². The minimum Gasteiger partial charge on any atom is -0.462 e. The predicted octanol–water partition coefficient (Wildman–Crippen LogP) is 4.06. The van der Waals surface area contributed by atoms with E-state index < -0.39 is 5.41 Å². The van der Waals surface area contributed by atoms with Gasteiger partial charge in [-0.2, -0.15) is 0 Å². The summed E-state index contributed by atoms with van der Waals surface area (Å²) < 4.78 is 16.5. The van der Waals surface area contributed by atoms with E-state index in [2.05, 4.69) is 0 Å². The Labute approximate surface area is 155 Å². The molecule has 3 rings (SSSR count). The van der Waals surface area contributed by atoms with Crippen molar-refractivity contribution < 1.29 is 23.8 Å². The second kappa shape index (κ2) is 7.39. The van der Waals surface area contributed by atoms with Crippen molar-refractivity contribution in [2.45, 2.75) is 65.6 Å². The highest BCUT2D eigenvalue weighted by atomic mass is 16.6. The topological polar surface area (TPSA) is 65.1 Å². The Kier molecular flexibility index (Phi) is 5.37. The van der Waals surface area contributed by atoms with E-state index in [1.165, 1.54) is 0 Å². The molecule has 1 heterocycles. The molecule has 1 aliphatic carbocycles. The standard InChI is InChI=1S/C21H28O5/c1-5-21(3,4)20(23)26-16-9-7-15(10-13(16)2)19(22)24-12-14-6-8-17-18(11-14)25-17/h7,9-10,14,17-18H,5-6,8,11-12H2,1-4H3. The SMILES string of the molecule is CCC(C)(C)C(=O)Oc1ccc(C(=O)OCC2CCC3OC3C2)cc1C. The van der Waals surface area contributed by atoms with Crippen molar-refractivity contribution in [2.24, 2.45) is 11.3 Å². The van der Waals surface area contributed by atoms with Crippen LogP contribution >= 0.6 is 0 Å². The molecule has 1 saturated heterocycles. The summed E-state index contributed by atoms with van der Waals surface area (Å²) in [5.41, 5.74) is 0.689. The third kappa shape index (κ3) is 4.26. The number of epoxide rings is 1. The molecule has 2 aliphatic rings. The molecule has 3 atom stereocenters. The van der Waals surface area contributed by atoms with E-state index in [1.807, 2.05) is 27.7 Å². The molecule has 0 spiro atoms. The van der Waals surface area contributed by atoms with Gasteiger partial charge >= 0.3 is 11.9 Å². The maximum Gasteiger partial charge on any atom is 0.338 e. The minimum atomic E-state index is -0.533. The number of hydrogen-bond donors (Lipinski definition) is 0. The van der Waals surface area contributed by atoms with Crippen molar-refractivity contribution in [3.05, 3.63) is 29.3 Å². The first-order valence-electron chi connectivity index (χ1n) is 9.45. The van der Waals surface area contributed by atoms with Gasteiger partial charge in [-0.1, -0.05) is 6.92 Å². The van der Waals surface area contributed by atoms with Crippen molar-refractivity contribution in [1.29, 1.82) is 0 Å². The summed E-state index contributed by atoms with van der Waals surface area (Å²) in [5, 5.41) is 0. The molecule has 0 amide bonds. The molecule has 3 unspecified atom stereocenters. The summed E-state index contributed by atoms with van der Waals surface area (Å²) in [5.74, 6) is 0.271. The van der Waals surface area contributed by atoms with E-state index in [0.29, 0.717) is 42.5 Å². The summed E-state index contributed by atoms with van der Waals surface area (Å²) >= 11 is 0. The zero-order valence-electron chi connectivity index (χ0n) is 16.0. The van der Waals surface area contributed by atoms with Crippen LogP contribution in [-0.2, 0) is 14.3 Å². The molecule has 142 valence electrons. The van der Waals surface area contributed by atoms with Crippen LogP contribution in [0.1, 0.15) is 62.4 Å². The lowest BCUT2D eigenvalue weighted by atomic mass is 9.90. The molecule has 26 heavy (non-hydrogen) atoms. The van der Waals surface area contributed by atoms with Gasteiger partial charge in [-0.25, -0.2) is 4.79 Å². The molecular weight excluding hydrogens is 332 g/mol. The first-order valence-corrected chi connectivity index (χ1v) is 9.45. The summed E-state index contributed by atoms with van der Waals surface area (Å²) in [6, 6.07) is 5.03.